The SMILES string of the molecule is CSc1ncc(CN(C)[C@H](C)c2cccnc2)cn1. The Labute approximate surface area is 118 Å². The minimum absolute atomic E-state index is 0.314. The van der Waals surface area contributed by atoms with Crippen LogP contribution in [0.25, 0.3) is 0 Å². The molecule has 0 amide bonds. The lowest BCUT2D eigenvalue weighted by Gasteiger charge is -2.24. The van der Waals surface area contributed by atoms with Crippen molar-refractivity contribution in [2.45, 2.75) is 24.7 Å². The molecule has 4 nitrogen and oxygen atoms in total. The van der Waals surface area contributed by atoms with E-state index in [9.17, 15) is 0 Å². The molecule has 0 saturated carbocycles. The Kier molecular flexibility index (Phi) is 4.87. The second-order valence-electron chi connectivity index (χ2n) is 4.46. The zero-order chi connectivity index (χ0) is 13.7. The lowest BCUT2D eigenvalue weighted by Crippen LogP contribution is -2.22. The molecule has 1 atom stereocenters. The van der Waals surface area contributed by atoms with Crippen LogP contribution in [0.2, 0.25) is 0 Å². The van der Waals surface area contributed by atoms with Crippen LogP contribution in [0.15, 0.2) is 42.1 Å². The van der Waals surface area contributed by atoms with Crippen molar-refractivity contribution in [3.8, 4) is 0 Å². The standard InChI is InChI=1S/C14H18N4S/c1-11(13-5-4-6-15-9-13)18(2)10-12-7-16-14(19-3)17-8-12/h4-9,11H,10H2,1-3H3/t11-/m1/s1. The van der Waals surface area contributed by atoms with Gasteiger partial charge in [-0.15, -0.1) is 0 Å². The molecule has 0 aliphatic carbocycles. The van der Waals surface area contributed by atoms with Crippen molar-refractivity contribution in [2.75, 3.05) is 13.3 Å². The van der Waals surface area contributed by atoms with Gasteiger partial charge in [-0.2, -0.15) is 0 Å². The van der Waals surface area contributed by atoms with Gasteiger partial charge in [0.05, 0.1) is 0 Å². The first-order valence-electron chi connectivity index (χ1n) is 6.15. The van der Waals surface area contributed by atoms with Gasteiger partial charge in [0, 0.05) is 42.9 Å². The predicted octanol–water partition coefficient (Wildman–Crippen LogP) is 2.79. The van der Waals surface area contributed by atoms with E-state index in [0.717, 1.165) is 17.3 Å². The highest BCUT2D eigenvalue weighted by atomic mass is 32.2. The molecule has 5 heteroatoms. The summed E-state index contributed by atoms with van der Waals surface area (Å²) in [4.78, 5) is 15.0. The summed E-state index contributed by atoms with van der Waals surface area (Å²) in [6, 6.07) is 4.38. The molecule has 0 N–H and O–H groups in total. The van der Waals surface area contributed by atoms with E-state index in [2.05, 4.69) is 39.9 Å². The molecule has 2 rings (SSSR count). The predicted molar refractivity (Wildman–Crippen MR) is 77.9 cm³/mol. The highest BCUT2D eigenvalue weighted by Crippen LogP contribution is 2.19. The fraction of sp³-hybridized carbons (Fsp3) is 0.357. The summed E-state index contributed by atoms with van der Waals surface area (Å²) in [6.07, 6.45) is 9.47. The lowest BCUT2D eigenvalue weighted by molar-refractivity contribution is 0.252. The van der Waals surface area contributed by atoms with Gasteiger partial charge in [0.25, 0.3) is 0 Å². The second-order valence-corrected chi connectivity index (χ2v) is 5.23. The number of rotatable bonds is 5. The molecule has 2 aromatic rings. The molecule has 100 valence electrons. The molecule has 2 aromatic heterocycles. The molecule has 0 aliphatic rings. The Bertz CT molecular complexity index is 501. The van der Waals surface area contributed by atoms with Gasteiger partial charge in [0.1, 0.15) is 0 Å². The topological polar surface area (TPSA) is 41.9 Å². The quantitative estimate of drug-likeness (QED) is 0.619. The fourth-order valence-corrected chi connectivity index (χ4v) is 2.15. The summed E-state index contributed by atoms with van der Waals surface area (Å²) in [5, 5.41) is 0.812. The summed E-state index contributed by atoms with van der Waals surface area (Å²) < 4.78 is 0. The Hall–Kier alpha value is -1.46. The smallest absolute Gasteiger partial charge is 0.187 e. The Balaban J connectivity index is 2.01. The average molecular weight is 274 g/mol. The third-order valence-corrected chi connectivity index (χ3v) is 3.70. The van der Waals surface area contributed by atoms with Gasteiger partial charge in [0.15, 0.2) is 5.16 Å². The highest BCUT2D eigenvalue weighted by Gasteiger charge is 2.12. The average Bonchev–Trinajstić information content (AvgIpc) is 2.48. The normalized spacial score (nSPS) is 12.6. The van der Waals surface area contributed by atoms with Crippen LogP contribution in [0, 0.1) is 0 Å². The molecule has 0 spiro atoms. The van der Waals surface area contributed by atoms with Gasteiger partial charge in [0.2, 0.25) is 0 Å². The van der Waals surface area contributed by atoms with E-state index in [-0.39, 0.29) is 0 Å². The zero-order valence-electron chi connectivity index (χ0n) is 11.4. The molecule has 0 bridgehead atoms. The van der Waals surface area contributed by atoms with Crippen molar-refractivity contribution in [1.29, 1.82) is 0 Å². The van der Waals surface area contributed by atoms with Crippen molar-refractivity contribution < 1.29 is 0 Å². The van der Waals surface area contributed by atoms with Crippen LogP contribution in [0.4, 0.5) is 0 Å². The lowest BCUT2D eigenvalue weighted by atomic mass is 10.1. The molecular formula is C14H18N4S. The summed E-state index contributed by atoms with van der Waals surface area (Å²) in [6.45, 7) is 3.00. The maximum atomic E-state index is 4.30. The monoisotopic (exact) mass is 274 g/mol. The van der Waals surface area contributed by atoms with E-state index in [0.29, 0.717) is 6.04 Å². The first kappa shape index (κ1) is 14.0. The number of nitrogens with zero attached hydrogens (tertiary/aromatic N) is 4. The van der Waals surface area contributed by atoms with Crippen molar-refractivity contribution in [3.05, 3.63) is 48.0 Å². The number of aromatic nitrogens is 3. The molecule has 0 aliphatic heterocycles. The zero-order valence-corrected chi connectivity index (χ0v) is 12.3. The van der Waals surface area contributed by atoms with Crippen molar-refractivity contribution in [3.63, 3.8) is 0 Å². The van der Waals surface area contributed by atoms with Crippen molar-refractivity contribution in [1.82, 2.24) is 19.9 Å². The largest absolute Gasteiger partial charge is 0.295 e. The number of thioether (sulfide) groups is 1. The summed E-state index contributed by atoms with van der Waals surface area (Å²) in [7, 11) is 2.10. The molecule has 2 heterocycles. The third kappa shape index (κ3) is 3.75. The van der Waals surface area contributed by atoms with E-state index >= 15 is 0 Å². The van der Waals surface area contributed by atoms with E-state index in [1.54, 1.807) is 18.0 Å². The van der Waals surface area contributed by atoms with E-state index in [4.69, 9.17) is 0 Å². The summed E-state index contributed by atoms with van der Waals surface area (Å²) in [5.41, 5.74) is 2.34. The van der Waals surface area contributed by atoms with Crippen LogP contribution in [-0.2, 0) is 6.54 Å². The van der Waals surface area contributed by atoms with Gasteiger partial charge in [-0.3, -0.25) is 9.88 Å². The van der Waals surface area contributed by atoms with Gasteiger partial charge >= 0.3 is 0 Å². The van der Waals surface area contributed by atoms with Crippen LogP contribution in [0.3, 0.4) is 0 Å². The first-order valence-corrected chi connectivity index (χ1v) is 7.38. The van der Waals surface area contributed by atoms with Gasteiger partial charge < -0.3 is 0 Å². The van der Waals surface area contributed by atoms with Crippen LogP contribution < -0.4 is 0 Å². The Morgan fingerprint density at radius 1 is 1.26 bits per heavy atom. The van der Waals surface area contributed by atoms with E-state index in [1.807, 2.05) is 30.9 Å². The molecule has 0 radical (unpaired) electrons. The number of hydrogen-bond donors (Lipinski definition) is 0. The summed E-state index contributed by atoms with van der Waals surface area (Å²) >= 11 is 1.56. The first-order chi connectivity index (χ1) is 9.20. The minimum atomic E-state index is 0.314. The fourth-order valence-electron chi connectivity index (χ4n) is 1.83. The molecule has 0 aromatic carbocycles. The Morgan fingerprint density at radius 3 is 2.58 bits per heavy atom. The Morgan fingerprint density at radius 2 is 2.00 bits per heavy atom. The van der Waals surface area contributed by atoms with Crippen molar-refractivity contribution in [2.24, 2.45) is 0 Å². The maximum absolute atomic E-state index is 4.30. The minimum Gasteiger partial charge on any atom is -0.295 e. The molecule has 0 saturated heterocycles. The summed E-state index contributed by atoms with van der Waals surface area (Å²) in [5.74, 6) is 0. The van der Waals surface area contributed by atoms with Gasteiger partial charge in [-0.1, -0.05) is 17.8 Å². The molecular weight excluding hydrogens is 256 g/mol. The van der Waals surface area contributed by atoms with Gasteiger partial charge in [-0.05, 0) is 31.9 Å². The maximum Gasteiger partial charge on any atom is 0.187 e. The van der Waals surface area contributed by atoms with Crippen LogP contribution in [0.1, 0.15) is 24.1 Å². The number of pyridine rings is 1. The number of hydrogen-bond acceptors (Lipinski definition) is 5. The highest BCUT2D eigenvalue weighted by molar-refractivity contribution is 7.98. The van der Waals surface area contributed by atoms with Crippen LogP contribution in [0.5, 0.6) is 0 Å². The van der Waals surface area contributed by atoms with Crippen LogP contribution in [-0.4, -0.2) is 33.2 Å². The van der Waals surface area contributed by atoms with E-state index < -0.39 is 0 Å². The third-order valence-electron chi connectivity index (χ3n) is 3.12. The van der Waals surface area contributed by atoms with Gasteiger partial charge in [-0.25, -0.2) is 9.97 Å². The van der Waals surface area contributed by atoms with Crippen LogP contribution >= 0.6 is 11.8 Å². The molecule has 19 heavy (non-hydrogen) atoms. The molecule has 0 unspecified atom stereocenters. The van der Waals surface area contributed by atoms with E-state index in [1.165, 1.54) is 5.56 Å². The molecule has 0 fully saturated rings. The second kappa shape index (κ2) is 6.63. The van der Waals surface area contributed by atoms with Crippen molar-refractivity contribution >= 4 is 11.8 Å².